The van der Waals surface area contributed by atoms with Gasteiger partial charge in [0.15, 0.2) is 5.82 Å². The highest BCUT2D eigenvalue weighted by Crippen LogP contribution is 2.31. The van der Waals surface area contributed by atoms with Crippen molar-refractivity contribution in [1.82, 2.24) is 0 Å². The number of aliphatic imine (C=N–C) groups is 1. The number of benzene rings is 1. The molecule has 5 nitrogen and oxygen atoms in total. The van der Waals surface area contributed by atoms with E-state index in [1.165, 1.54) is 38.7 Å². The molecule has 2 N–H and O–H groups in total. The number of carbonyl (C=O) groups is 1. The van der Waals surface area contributed by atoms with Crippen LogP contribution in [-0.4, -0.2) is 31.3 Å². The molecule has 1 aliphatic rings. The smallest absolute Gasteiger partial charge is 0.340 e. The lowest BCUT2D eigenvalue weighted by Crippen LogP contribution is -2.12. The summed E-state index contributed by atoms with van der Waals surface area (Å²) in [7, 11) is 2.75. The van der Waals surface area contributed by atoms with Gasteiger partial charge < -0.3 is 15.4 Å². The van der Waals surface area contributed by atoms with Gasteiger partial charge in [0.25, 0.3) is 0 Å². The first-order chi connectivity index (χ1) is 13.0. The number of methoxy groups -OCH3 is 1. The van der Waals surface area contributed by atoms with Gasteiger partial charge in [-0.2, -0.15) is 0 Å². The summed E-state index contributed by atoms with van der Waals surface area (Å²) in [6.07, 6.45) is 5.05. The summed E-state index contributed by atoms with van der Waals surface area (Å²) in [5.74, 6) is -1.72. The number of anilines is 2. The van der Waals surface area contributed by atoms with Crippen LogP contribution in [0.1, 0.15) is 37.0 Å². The average molecular weight is 444 g/mol. The minimum absolute atomic E-state index is 0.0175. The molecule has 1 aromatic carbocycles. The molecule has 148 valence electrons. The topological polar surface area (TPSA) is 62.7 Å². The van der Waals surface area contributed by atoms with Gasteiger partial charge >= 0.3 is 5.97 Å². The van der Waals surface area contributed by atoms with Crippen LogP contribution in [0.25, 0.3) is 0 Å². The summed E-state index contributed by atoms with van der Waals surface area (Å²) in [5, 5.41) is 5.52. The normalized spacial score (nSPS) is 16.5. The molecule has 0 heterocycles. The van der Waals surface area contributed by atoms with Crippen LogP contribution in [0, 0.1) is 5.82 Å². The summed E-state index contributed by atoms with van der Waals surface area (Å²) in [6, 6.07) is 2.84. The van der Waals surface area contributed by atoms with Gasteiger partial charge in [-0.05, 0) is 24.6 Å². The number of esters is 1. The van der Waals surface area contributed by atoms with Crippen LogP contribution in [0.15, 0.2) is 40.8 Å². The third kappa shape index (κ3) is 6.46. The molecule has 0 spiro atoms. The van der Waals surface area contributed by atoms with Gasteiger partial charge in [-0.1, -0.05) is 35.9 Å². The van der Waals surface area contributed by atoms with E-state index in [4.69, 9.17) is 4.74 Å². The van der Waals surface area contributed by atoms with E-state index in [-0.39, 0.29) is 34.0 Å². The van der Waals surface area contributed by atoms with Gasteiger partial charge in [0.2, 0.25) is 0 Å². The zero-order chi connectivity index (χ0) is 20.4. The lowest BCUT2D eigenvalue weighted by atomic mass is 10.1. The van der Waals surface area contributed by atoms with Crippen LogP contribution < -0.4 is 10.6 Å². The summed E-state index contributed by atoms with van der Waals surface area (Å²) in [4.78, 5) is 15.5. The lowest BCUT2D eigenvalue weighted by Gasteiger charge is -2.16. The fraction of sp³-hybridized carbons (Fsp3) is 0.368. The molecule has 8 heteroatoms. The molecular formula is C19H24BrF2N3O2. The molecule has 1 aromatic rings. The van der Waals surface area contributed by atoms with Crippen LogP contribution in [-0.2, 0) is 4.74 Å². The molecule has 0 amide bonds. The minimum atomic E-state index is -0.694. The number of allylic oxidation sites excluding steroid dienone is 3. The van der Waals surface area contributed by atoms with Crippen LogP contribution >= 0.6 is 15.9 Å². The van der Waals surface area contributed by atoms with E-state index >= 15 is 0 Å². The van der Waals surface area contributed by atoms with Crippen LogP contribution in [0.5, 0.6) is 0 Å². The molecule has 0 bridgehead atoms. The number of nitrogens with zero attached hydrogens (tertiary/aromatic N) is 1. The Kier molecular flexibility index (Phi) is 9.71. The third-order valence-electron chi connectivity index (χ3n) is 3.49. The summed E-state index contributed by atoms with van der Waals surface area (Å²) in [6.45, 7) is 4.00. The van der Waals surface area contributed by atoms with Crippen molar-refractivity contribution < 1.29 is 18.3 Å². The summed E-state index contributed by atoms with van der Waals surface area (Å²) < 4.78 is 33.4. The largest absolute Gasteiger partial charge is 0.465 e. The standard InChI is InChI=1S/C17H18BrF2N3O2.C2H6/c1-21-9-22-14-6-5-13(17(24)25-2)16(15(14)20)23-12-4-3-10(18)7-11(19)8-12;1-2/h4-7,9-10,23H,3,8H2,1-2H3,(H,21,22);1-2H3. The SMILES string of the molecule is CC.CN=CNc1ccc(C(=O)OC)c(NC2=CCC(Br)C=C(F)C2)c1F. The molecule has 1 aliphatic carbocycles. The van der Waals surface area contributed by atoms with Crippen molar-refractivity contribution in [3.8, 4) is 0 Å². The second-order valence-electron chi connectivity index (χ2n) is 5.27. The Labute approximate surface area is 166 Å². The van der Waals surface area contributed by atoms with E-state index < -0.39 is 11.8 Å². The molecular weight excluding hydrogens is 420 g/mol. The number of hydrogen-bond acceptors (Lipinski definition) is 4. The molecule has 0 saturated heterocycles. The predicted molar refractivity (Wildman–Crippen MR) is 110 cm³/mol. The number of ether oxygens (including phenoxy) is 1. The molecule has 1 unspecified atom stereocenters. The molecule has 0 aliphatic heterocycles. The zero-order valence-corrected chi connectivity index (χ0v) is 17.4. The Morgan fingerprint density at radius 2 is 2.07 bits per heavy atom. The number of rotatable bonds is 5. The second-order valence-corrected chi connectivity index (χ2v) is 6.45. The van der Waals surface area contributed by atoms with E-state index in [1.807, 2.05) is 13.8 Å². The number of nitrogens with one attached hydrogen (secondary N) is 2. The maximum Gasteiger partial charge on any atom is 0.340 e. The highest BCUT2D eigenvalue weighted by Gasteiger charge is 2.21. The van der Waals surface area contributed by atoms with Crippen molar-refractivity contribution in [3.05, 3.63) is 47.2 Å². The third-order valence-corrected chi connectivity index (χ3v) is 4.13. The Balaban J connectivity index is 0.00000176. The fourth-order valence-electron chi connectivity index (χ4n) is 2.31. The second kappa shape index (κ2) is 11.5. The first-order valence-electron chi connectivity index (χ1n) is 8.50. The maximum absolute atomic E-state index is 14.8. The van der Waals surface area contributed by atoms with Gasteiger partial charge in [0.1, 0.15) is 5.83 Å². The molecule has 0 saturated carbocycles. The Hall–Kier alpha value is -2.22. The average Bonchev–Trinajstić information content (AvgIpc) is 2.83. The molecule has 1 atom stereocenters. The lowest BCUT2D eigenvalue weighted by molar-refractivity contribution is 0.0601. The Morgan fingerprint density at radius 1 is 1.37 bits per heavy atom. The number of halogens is 3. The highest BCUT2D eigenvalue weighted by molar-refractivity contribution is 9.09. The number of hydrogen-bond donors (Lipinski definition) is 2. The minimum Gasteiger partial charge on any atom is -0.465 e. The fourth-order valence-corrected chi connectivity index (χ4v) is 2.79. The van der Waals surface area contributed by atoms with Gasteiger partial charge in [-0.15, -0.1) is 0 Å². The predicted octanol–water partition coefficient (Wildman–Crippen LogP) is 5.42. The Bertz CT molecular complexity index is 749. The van der Waals surface area contributed by atoms with E-state index in [0.717, 1.165) is 0 Å². The highest BCUT2D eigenvalue weighted by atomic mass is 79.9. The molecule has 2 rings (SSSR count). The van der Waals surface area contributed by atoms with E-state index in [0.29, 0.717) is 12.1 Å². The van der Waals surface area contributed by atoms with Crippen molar-refractivity contribution in [2.75, 3.05) is 24.8 Å². The van der Waals surface area contributed by atoms with Crippen molar-refractivity contribution >= 4 is 39.6 Å². The monoisotopic (exact) mass is 443 g/mol. The van der Waals surface area contributed by atoms with Gasteiger partial charge in [0.05, 0.1) is 30.4 Å². The van der Waals surface area contributed by atoms with Crippen LogP contribution in [0.2, 0.25) is 0 Å². The maximum atomic E-state index is 14.8. The van der Waals surface area contributed by atoms with Gasteiger partial charge in [-0.3, -0.25) is 4.99 Å². The quantitative estimate of drug-likeness (QED) is 0.276. The van der Waals surface area contributed by atoms with Gasteiger partial charge in [-0.25, -0.2) is 13.6 Å². The first kappa shape index (κ1) is 22.8. The van der Waals surface area contributed by atoms with Crippen LogP contribution in [0.4, 0.5) is 20.2 Å². The first-order valence-corrected chi connectivity index (χ1v) is 9.42. The van der Waals surface area contributed by atoms with E-state index in [2.05, 4.69) is 31.6 Å². The van der Waals surface area contributed by atoms with Crippen molar-refractivity contribution in [2.45, 2.75) is 31.5 Å². The van der Waals surface area contributed by atoms with Crippen molar-refractivity contribution in [1.29, 1.82) is 0 Å². The number of alkyl halides is 1. The Morgan fingerprint density at radius 3 is 2.70 bits per heavy atom. The molecule has 27 heavy (non-hydrogen) atoms. The van der Waals surface area contributed by atoms with Crippen LogP contribution in [0.3, 0.4) is 0 Å². The molecule has 0 fully saturated rings. The summed E-state index contributed by atoms with van der Waals surface area (Å²) in [5.41, 5.74) is 0.530. The molecule has 0 radical (unpaired) electrons. The molecule has 0 aromatic heterocycles. The van der Waals surface area contributed by atoms with E-state index in [1.54, 1.807) is 6.08 Å². The summed E-state index contributed by atoms with van der Waals surface area (Å²) >= 11 is 3.33. The van der Waals surface area contributed by atoms with Gasteiger partial charge in [0, 0.05) is 24.0 Å². The number of carbonyl (C=O) groups excluding carboxylic acids is 1. The van der Waals surface area contributed by atoms with Crippen molar-refractivity contribution in [3.63, 3.8) is 0 Å². The zero-order valence-electron chi connectivity index (χ0n) is 15.8. The van der Waals surface area contributed by atoms with E-state index in [9.17, 15) is 13.6 Å². The van der Waals surface area contributed by atoms with Crippen molar-refractivity contribution in [2.24, 2.45) is 4.99 Å².